The molecule has 27 heavy (non-hydrogen) atoms. The van der Waals surface area contributed by atoms with Gasteiger partial charge in [0, 0.05) is 16.3 Å². The molecule has 6 nitrogen and oxygen atoms in total. The highest BCUT2D eigenvalue weighted by Gasteiger charge is 2.25. The first-order chi connectivity index (χ1) is 12.9. The van der Waals surface area contributed by atoms with Crippen molar-refractivity contribution < 1.29 is 14.3 Å². The number of nitrogen functional groups attached to an aromatic ring is 1. The number of carbonyl (C=O) groups is 2. The molecule has 0 radical (unpaired) electrons. The van der Waals surface area contributed by atoms with Gasteiger partial charge in [0.25, 0.3) is 5.91 Å². The molecular formula is C19H16ClN3O3S. The number of ether oxygens (including phenoxy) is 1. The van der Waals surface area contributed by atoms with E-state index < -0.39 is 5.91 Å². The lowest BCUT2D eigenvalue weighted by Crippen LogP contribution is -2.14. The van der Waals surface area contributed by atoms with Crippen molar-refractivity contribution in [2.24, 2.45) is 5.73 Å². The van der Waals surface area contributed by atoms with E-state index in [1.165, 1.54) is 0 Å². The van der Waals surface area contributed by atoms with Crippen molar-refractivity contribution in [2.45, 2.75) is 0 Å². The second-order valence-corrected chi connectivity index (χ2v) is 7.06. The zero-order valence-corrected chi connectivity index (χ0v) is 15.9. The molecule has 2 aromatic carbocycles. The summed E-state index contributed by atoms with van der Waals surface area (Å²) in [6.07, 6.45) is 0. The number of halogens is 1. The molecule has 0 spiro atoms. The van der Waals surface area contributed by atoms with Crippen LogP contribution >= 0.6 is 22.9 Å². The molecule has 0 aliphatic heterocycles. The Morgan fingerprint density at radius 3 is 2.26 bits per heavy atom. The zero-order valence-electron chi connectivity index (χ0n) is 14.3. The molecule has 8 heteroatoms. The second-order valence-electron chi connectivity index (χ2n) is 5.60. The van der Waals surface area contributed by atoms with Crippen molar-refractivity contribution in [1.29, 1.82) is 0 Å². The standard InChI is InChI=1S/C19H16ClN3O3S/c1-26-13-8-6-12(7-9-13)23-19-14(18(22)25)15(21)17(27-19)16(24)10-2-4-11(20)5-3-10/h2-9,23H,21H2,1H3,(H2,22,25). The minimum Gasteiger partial charge on any atom is -0.497 e. The normalized spacial score (nSPS) is 10.4. The minimum atomic E-state index is -0.713. The molecule has 138 valence electrons. The van der Waals surface area contributed by atoms with E-state index in [4.69, 9.17) is 27.8 Å². The summed E-state index contributed by atoms with van der Waals surface area (Å²) in [6.45, 7) is 0. The summed E-state index contributed by atoms with van der Waals surface area (Å²) in [5.74, 6) is -0.325. The van der Waals surface area contributed by atoms with Gasteiger partial charge in [-0.05, 0) is 48.5 Å². The van der Waals surface area contributed by atoms with Gasteiger partial charge in [0.2, 0.25) is 5.78 Å². The van der Waals surface area contributed by atoms with E-state index in [0.29, 0.717) is 27.0 Å². The Morgan fingerprint density at radius 2 is 1.70 bits per heavy atom. The molecule has 1 amide bonds. The van der Waals surface area contributed by atoms with Crippen LogP contribution in [0.25, 0.3) is 0 Å². The van der Waals surface area contributed by atoms with Gasteiger partial charge in [-0.3, -0.25) is 9.59 Å². The Morgan fingerprint density at radius 1 is 1.07 bits per heavy atom. The second kappa shape index (κ2) is 7.69. The highest BCUT2D eigenvalue weighted by Crippen LogP contribution is 2.38. The molecule has 1 heterocycles. The van der Waals surface area contributed by atoms with E-state index in [9.17, 15) is 9.59 Å². The molecule has 5 N–H and O–H groups in total. The first kappa shape index (κ1) is 18.8. The number of primary amides is 1. The largest absolute Gasteiger partial charge is 0.497 e. The van der Waals surface area contributed by atoms with Crippen molar-refractivity contribution in [1.82, 2.24) is 0 Å². The number of hydrogen-bond acceptors (Lipinski definition) is 6. The zero-order chi connectivity index (χ0) is 19.6. The molecule has 0 atom stereocenters. The van der Waals surface area contributed by atoms with Crippen LogP contribution in [0, 0.1) is 0 Å². The number of benzene rings is 2. The molecule has 0 fully saturated rings. The molecule has 0 saturated carbocycles. The third-order valence-electron chi connectivity index (χ3n) is 3.85. The number of methoxy groups -OCH3 is 1. The van der Waals surface area contributed by atoms with Crippen molar-refractivity contribution in [3.8, 4) is 5.75 Å². The van der Waals surface area contributed by atoms with Gasteiger partial charge < -0.3 is 21.5 Å². The number of anilines is 3. The molecule has 0 bridgehead atoms. The molecule has 0 saturated heterocycles. The van der Waals surface area contributed by atoms with Crippen molar-refractivity contribution in [2.75, 3.05) is 18.2 Å². The average Bonchev–Trinajstić information content (AvgIpc) is 2.98. The molecule has 0 aliphatic rings. The summed E-state index contributed by atoms with van der Waals surface area (Å²) in [5, 5.41) is 4.01. The van der Waals surface area contributed by atoms with Crippen molar-refractivity contribution in [3.63, 3.8) is 0 Å². The number of nitrogens with one attached hydrogen (secondary N) is 1. The number of rotatable bonds is 6. The van der Waals surface area contributed by atoms with Crippen LogP contribution < -0.4 is 21.5 Å². The quantitative estimate of drug-likeness (QED) is 0.540. The highest BCUT2D eigenvalue weighted by atomic mass is 35.5. The van der Waals surface area contributed by atoms with Crippen molar-refractivity contribution in [3.05, 3.63) is 69.6 Å². The summed E-state index contributed by atoms with van der Waals surface area (Å²) in [6, 6.07) is 13.5. The number of thiophene rings is 1. The van der Waals surface area contributed by atoms with Gasteiger partial charge in [0.1, 0.15) is 15.6 Å². The maximum absolute atomic E-state index is 12.8. The van der Waals surface area contributed by atoms with Crippen LogP contribution in [0.15, 0.2) is 48.5 Å². The van der Waals surface area contributed by atoms with E-state index >= 15 is 0 Å². The van der Waals surface area contributed by atoms with Gasteiger partial charge >= 0.3 is 0 Å². The van der Waals surface area contributed by atoms with Crippen LogP contribution in [-0.4, -0.2) is 18.8 Å². The van der Waals surface area contributed by atoms with Gasteiger partial charge in [0.05, 0.1) is 18.4 Å². The lowest BCUT2D eigenvalue weighted by molar-refractivity contribution is 0.100. The number of nitrogens with two attached hydrogens (primary N) is 2. The van der Waals surface area contributed by atoms with Gasteiger partial charge in [-0.2, -0.15) is 0 Å². The van der Waals surface area contributed by atoms with Crippen LogP contribution in [0.4, 0.5) is 16.4 Å². The Hall–Kier alpha value is -3.03. The maximum Gasteiger partial charge on any atom is 0.253 e. The monoisotopic (exact) mass is 401 g/mol. The van der Waals surface area contributed by atoms with Crippen LogP contribution in [0.1, 0.15) is 25.6 Å². The molecule has 3 rings (SSSR count). The third-order valence-corrected chi connectivity index (χ3v) is 5.22. The Kier molecular flexibility index (Phi) is 5.34. The van der Waals surface area contributed by atoms with E-state index in [0.717, 1.165) is 11.3 Å². The number of carbonyl (C=O) groups excluding carboxylic acids is 2. The number of hydrogen-bond donors (Lipinski definition) is 3. The molecular weight excluding hydrogens is 386 g/mol. The van der Waals surface area contributed by atoms with Crippen molar-refractivity contribution >= 4 is 51.0 Å². The fourth-order valence-corrected chi connectivity index (χ4v) is 3.72. The Balaban J connectivity index is 1.99. The van der Waals surface area contributed by atoms with Gasteiger partial charge in [-0.15, -0.1) is 11.3 Å². The first-order valence-electron chi connectivity index (χ1n) is 7.84. The minimum absolute atomic E-state index is 0.0588. The van der Waals surface area contributed by atoms with E-state index in [1.807, 2.05) is 0 Å². The highest BCUT2D eigenvalue weighted by molar-refractivity contribution is 7.19. The van der Waals surface area contributed by atoms with Crippen LogP contribution in [0.2, 0.25) is 5.02 Å². The predicted molar refractivity (Wildman–Crippen MR) is 108 cm³/mol. The maximum atomic E-state index is 12.8. The van der Waals surface area contributed by atoms with Crippen LogP contribution in [0.5, 0.6) is 5.75 Å². The third kappa shape index (κ3) is 3.89. The summed E-state index contributed by atoms with van der Waals surface area (Å²) in [7, 11) is 1.57. The van der Waals surface area contributed by atoms with E-state index in [2.05, 4.69) is 5.32 Å². The van der Waals surface area contributed by atoms with E-state index in [-0.39, 0.29) is 21.9 Å². The molecule has 0 unspecified atom stereocenters. The summed E-state index contributed by atoms with van der Waals surface area (Å²) < 4.78 is 5.12. The van der Waals surface area contributed by atoms with Crippen LogP contribution in [0.3, 0.4) is 0 Å². The summed E-state index contributed by atoms with van der Waals surface area (Å²) in [4.78, 5) is 24.9. The van der Waals surface area contributed by atoms with E-state index in [1.54, 1.807) is 55.6 Å². The van der Waals surface area contributed by atoms with Gasteiger partial charge in [0.15, 0.2) is 0 Å². The number of ketones is 1. The summed E-state index contributed by atoms with van der Waals surface area (Å²) >= 11 is 6.94. The smallest absolute Gasteiger partial charge is 0.253 e. The fourth-order valence-electron chi connectivity index (χ4n) is 2.48. The Bertz CT molecular complexity index is 998. The predicted octanol–water partition coefficient (Wildman–Crippen LogP) is 4.07. The lowest BCUT2D eigenvalue weighted by Gasteiger charge is -2.07. The molecule has 1 aromatic heterocycles. The first-order valence-corrected chi connectivity index (χ1v) is 9.03. The van der Waals surface area contributed by atoms with Gasteiger partial charge in [-0.1, -0.05) is 11.6 Å². The topological polar surface area (TPSA) is 107 Å². The summed E-state index contributed by atoms with van der Waals surface area (Å²) in [5.41, 5.74) is 12.8. The Labute approximate surface area is 164 Å². The SMILES string of the molecule is COc1ccc(Nc2sc(C(=O)c3ccc(Cl)cc3)c(N)c2C(N)=O)cc1. The van der Waals surface area contributed by atoms with Crippen LogP contribution in [-0.2, 0) is 0 Å². The lowest BCUT2D eigenvalue weighted by atomic mass is 10.1. The van der Waals surface area contributed by atoms with Gasteiger partial charge in [-0.25, -0.2) is 0 Å². The fraction of sp³-hybridized carbons (Fsp3) is 0.0526. The molecule has 3 aromatic rings. The number of amides is 1. The average molecular weight is 402 g/mol. The molecule has 0 aliphatic carbocycles.